The summed E-state index contributed by atoms with van der Waals surface area (Å²) in [5.74, 6) is 0.0868. The van der Waals surface area contributed by atoms with Crippen molar-refractivity contribution in [3.8, 4) is 0 Å². The number of halogens is 2. The number of nitrogens with zero attached hydrogens (tertiary/aromatic N) is 1. The molecule has 1 unspecified atom stereocenters. The van der Waals surface area contributed by atoms with E-state index in [1.54, 1.807) is 19.1 Å². The fourth-order valence-corrected chi connectivity index (χ4v) is 4.06. The second-order valence-electron chi connectivity index (χ2n) is 4.02. The highest BCUT2D eigenvalue weighted by Gasteiger charge is 2.20. The predicted octanol–water partition coefficient (Wildman–Crippen LogP) is 3.07. The molecule has 5 nitrogen and oxygen atoms in total. The lowest BCUT2D eigenvalue weighted by molar-refractivity contribution is 0.568. The van der Waals surface area contributed by atoms with Crippen molar-refractivity contribution in [3.63, 3.8) is 0 Å². The van der Waals surface area contributed by atoms with Gasteiger partial charge >= 0.3 is 0 Å². The van der Waals surface area contributed by atoms with Crippen LogP contribution in [0.25, 0.3) is 0 Å². The molecule has 3 N–H and O–H groups in total. The third-order valence-electron chi connectivity index (χ3n) is 2.51. The highest BCUT2D eigenvalue weighted by Crippen LogP contribution is 2.28. The van der Waals surface area contributed by atoms with Crippen LogP contribution in [0.4, 0.5) is 5.82 Å². The number of hydrogen-bond donors (Lipinski definition) is 2. The quantitative estimate of drug-likeness (QED) is 0.886. The zero-order valence-corrected chi connectivity index (χ0v) is 13.4. The number of sulfonamides is 1. The van der Waals surface area contributed by atoms with Gasteiger partial charge in [0.05, 0.1) is 15.4 Å². The first-order chi connectivity index (χ1) is 9.29. The number of pyridine rings is 1. The molecule has 0 aromatic carbocycles. The summed E-state index contributed by atoms with van der Waals surface area (Å²) in [7, 11) is -3.73. The fraction of sp³-hybridized carbons (Fsp3) is 0.182. The zero-order chi connectivity index (χ0) is 14.9. The molecule has 0 saturated carbocycles. The van der Waals surface area contributed by atoms with Crippen LogP contribution in [0.2, 0.25) is 9.36 Å². The van der Waals surface area contributed by atoms with Crippen LogP contribution >= 0.6 is 34.5 Å². The van der Waals surface area contributed by atoms with Crippen LogP contribution in [0.5, 0.6) is 0 Å². The average Bonchev–Trinajstić information content (AvgIpc) is 2.79. The molecule has 0 aliphatic heterocycles. The number of anilines is 1. The summed E-state index contributed by atoms with van der Waals surface area (Å²) < 4.78 is 27.5. The molecule has 0 amide bonds. The minimum Gasteiger partial charge on any atom is -0.382 e. The summed E-state index contributed by atoms with van der Waals surface area (Å²) in [6.45, 7) is 1.73. The molecule has 0 radical (unpaired) electrons. The number of aromatic nitrogens is 1. The van der Waals surface area contributed by atoms with E-state index in [0.29, 0.717) is 4.34 Å². The highest BCUT2D eigenvalue weighted by atomic mass is 35.5. The molecule has 2 rings (SSSR count). The minimum absolute atomic E-state index is 0.0359. The second kappa shape index (κ2) is 5.87. The van der Waals surface area contributed by atoms with E-state index in [0.717, 1.165) is 11.1 Å². The Hall–Kier alpha value is -0.860. The number of rotatable bonds is 4. The molecular formula is C11H11Cl2N3O2S2. The van der Waals surface area contributed by atoms with Crippen molar-refractivity contribution in [2.45, 2.75) is 17.9 Å². The Morgan fingerprint density at radius 1 is 1.40 bits per heavy atom. The second-order valence-corrected chi connectivity index (χ2v) is 7.89. The molecular weight excluding hydrogens is 341 g/mol. The predicted molar refractivity (Wildman–Crippen MR) is 81.7 cm³/mol. The Kier molecular flexibility index (Phi) is 4.55. The van der Waals surface area contributed by atoms with Gasteiger partial charge < -0.3 is 5.73 Å². The first-order valence-corrected chi connectivity index (χ1v) is 8.54. The van der Waals surface area contributed by atoms with E-state index in [-0.39, 0.29) is 15.7 Å². The van der Waals surface area contributed by atoms with Gasteiger partial charge in [-0.25, -0.2) is 18.1 Å². The highest BCUT2D eigenvalue weighted by molar-refractivity contribution is 7.89. The Labute approximate surface area is 130 Å². The summed E-state index contributed by atoms with van der Waals surface area (Å²) in [5.41, 5.74) is 5.46. The fourth-order valence-electron chi connectivity index (χ4n) is 1.50. The van der Waals surface area contributed by atoms with E-state index in [2.05, 4.69) is 9.71 Å². The molecule has 2 heterocycles. The van der Waals surface area contributed by atoms with Crippen LogP contribution < -0.4 is 10.5 Å². The number of nitrogen functional groups attached to an aromatic ring is 1. The Morgan fingerprint density at radius 2 is 2.10 bits per heavy atom. The minimum atomic E-state index is -3.73. The molecule has 0 bridgehead atoms. The van der Waals surface area contributed by atoms with Crippen molar-refractivity contribution in [1.82, 2.24) is 9.71 Å². The van der Waals surface area contributed by atoms with Crippen molar-refractivity contribution in [3.05, 3.63) is 38.6 Å². The molecule has 9 heteroatoms. The normalized spacial score (nSPS) is 13.3. The van der Waals surface area contributed by atoms with Crippen LogP contribution in [0.3, 0.4) is 0 Å². The van der Waals surface area contributed by atoms with Gasteiger partial charge in [0, 0.05) is 11.1 Å². The van der Waals surface area contributed by atoms with Crippen LogP contribution in [-0.2, 0) is 10.0 Å². The van der Waals surface area contributed by atoms with Gasteiger partial charge in [0.1, 0.15) is 10.7 Å². The van der Waals surface area contributed by atoms with Crippen molar-refractivity contribution >= 4 is 50.4 Å². The molecule has 2 aromatic heterocycles. The lowest BCUT2D eigenvalue weighted by Crippen LogP contribution is -2.26. The lowest BCUT2D eigenvalue weighted by Gasteiger charge is -2.13. The van der Waals surface area contributed by atoms with Gasteiger partial charge in [0.25, 0.3) is 0 Å². The van der Waals surface area contributed by atoms with Crippen molar-refractivity contribution in [2.75, 3.05) is 5.73 Å². The third kappa shape index (κ3) is 3.42. The van der Waals surface area contributed by atoms with Crippen molar-refractivity contribution in [1.29, 1.82) is 0 Å². The lowest BCUT2D eigenvalue weighted by atomic mass is 10.3. The third-order valence-corrected chi connectivity index (χ3v) is 5.73. The Morgan fingerprint density at radius 3 is 2.65 bits per heavy atom. The SMILES string of the molecule is CC(NS(=O)(=O)c1cnc(N)c(Cl)c1)c1ccc(Cl)s1. The monoisotopic (exact) mass is 351 g/mol. The van der Waals surface area contributed by atoms with E-state index >= 15 is 0 Å². The molecule has 0 fully saturated rings. The smallest absolute Gasteiger partial charge is 0.242 e. The van der Waals surface area contributed by atoms with Crippen LogP contribution in [-0.4, -0.2) is 13.4 Å². The molecule has 0 saturated heterocycles. The van der Waals surface area contributed by atoms with Gasteiger partial charge in [-0.1, -0.05) is 23.2 Å². The van der Waals surface area contributed by atoms with Crippen molar-refractivity contribution < 1.29 is 8.42 Å². The average molecular weight is 352 g/mol. The first-order valence-electron chi connectivity index (χ1n) is 5.48. The molecule has 108 valence electrons. The Bertz CT molecular complexity index is 731. The number of hydrogen-bond acceptors (Lipinski definition) is 5. The van der Waals surface area contributed by atoms with E-state index in [1.165, 1.54) is 17.4 Å². The van der Waals surface area contributed by atoms with Gasteiger partial charge in [-0.15, -0.1) is 11.3 Å². The van der Waals surface area contributed by atoms with Crippen LogP contribution in [0, 0.1) is 0 Å². The number of nitrogens with two attached hydrogens (primary N) is 1. The van der Waals surface area contributed by atoms with E-state index in [4.69, 9.17) is 28.9 Å². The summed E-state index contributed by atoms with van der Waals surface area (Å²) in [5, 5.41) is 0.0969. The van der Waals surface area contributed by atoms with Gasteiger partial charge in [-0.05, 0) is 25.1 Å². The summed E-state index contributed by atoms with van der Waals surface area (Å²) >= 11 is 12.9. The van der Waals surface area contributed by atoms with E-state index in [1.807, 2.05) is 0 Å². The summed E-state index contributed by atoms with van der Waals surface area (Å²) in [6, 6.07) is 4.34. The van der Waals surface area contributed by atoms with Gasteiger partial charge in [0.2, 0.25) is 10.0 Å². The molecule has 1 atom stereocenters. The molecule has 20 heavy (non-hydrogen) atoms. The largest absolute Gasteiger partial charge is 0.382 e. The first kappa shape index (κ1) is 15.5. The zero-order valence-electron chi connectivity index (χ0n) is 10.3. The maximum atomic E-state index is 12.2. The van der Waals surface area contributed by atoms with Gasteiger partial charge in [-0.2, -0.15) is 0 Å². The standard InChI is InChI=1S/C11H11Cl2N3O2S2/c1-6(9-2-3-10(13)19-9)16-20(17,18)7-4-8(12)11(14)15-5-7/h2-6,16H,1H3,(H2,14,15). The maximum Gasteiger partial charge on any atom is 0.242 e. The summed E-state index contributed by atoms with van der Waals surface area (Å²) in [4.78, 5) is 4.51. The van der Waals surface area contributed by atoms with Gasteiger partial charge in [-0.3, -0.25) is 0 Å². The molecule has 0 aliphatic carbocycles. The molecule has 0 aliphatic rings. The van der Waals surface area contributed by atoms with Crippen molar-refractivity contribution in [2.24, 2.45) is 0 Å². The maximum absolute atomic E-state index is 12.2. The van der Waals surface area contributed by atoms with Crippen LogP contribution in [0.15, 0.2) is 29.3 Å². The Balaban J connectivity index is 2.24. The number of thiophene rings is 1. The van der Waals surface area contributed by atoms with E-state index < -0.39 is 16.1 Å². The van der Waals surface area contributed by atoms with Crippen LogP contribution in [0.1, 0.15) is 17.8 Å². The number of nitrogens with one attached hydrogen (secondary N) is 1. The van der Waals surface area contributed by atoms with E-state index in [9.17, 15) is 8.42 Å². The molecule has 2 aromatic rings. The topological polar surface area (TPSA) is 85.1 Å². The van der Waals surface area contributed by atoms with Gasteiger partial charge in [0.15, 0.2) is 0 Å². The molecule has 0 spiro atoms. The summed E-state index contributed by atoms with van der Waals surface area (Å²) in [6.07, 6.45) is 1.16.